The monoisotopic (exact) mass is 250 g/mol. The van der Waals surface area contributed by atoms with Gasteiger partial charge in [-0.25, -0.2) is 0 Å². The smallest absolute Gasteiger partial charge is 0.100 e. The molecule has 0 amide bonds. The van der Waals surface area contributed by atoms with E-state index in [1.807, 2.05) is 60.7 Å². The number of nitrogens with one attached hydrogen (secondary N) is 1. The number of aliphatic hydroxyl groups is 1. The lowest BCUT2D eigenvalue weighted by Gasteiger charge is -2.05. The minimum absolute atomic E-state index is 0.0515. The first-order valence-corrected chi connectivity index (χ1v) is 6.19. The van der Waals surface area contributed by atoms with E-state index >= 15 is 0 Å². The van der Waals surface area contributed by atoms with Crippen LogP contribution < -0.4 is 0 Å². The number of benzene rings is 2. The summed E-state index contributed by atoms with van der Waals surface area (Å²) in [5.74, 6) is 0. The first-order valence-electron chi connectivity index (χ1n) is 6.19. The minimum Gasteiger partial charge on any atom is -0.390 e. The zero-order chi connectivity index (χ0) is 13.1. The second-order valence-corrected chi connectivity index (χ2v) is 4.32. The summed E-state index contributed by atoms with van der Waals surface area (Å²) < 4.78 is 0. The van der Waals surface area contributed by atoms with Crippen LogP contribution in [-0.4, -0.2) is 15.3 Å². The normalized spacial score (nSPS) is 10.6. The molecule has 0 radical (unpaired) electrons. The van der Waals surface area contributed by atoms with Gasteiger partial charge in [0.15, 0.2) is 0 Å². The van der Waals surface area contributed by atoms with Crippen LogP contribution in [0.25, 0.3) is 22.4 Å². The van der Waals surface area contributed by atoms with Gasteiger partial charge in [-0.3, -0.25) is 5.10 Å². The van der Waals surface area contributed by atoms with Gasteiger partial charge in [-0.05, 0) is 5.56 Å². The maximum absolute atomic E-state index is 9.47. The molecule has 0 atom stereocenters. The molecule has 0 fully saturated rings. The van der Waals surface area contributed by atoms with Crippen LogP contribution in [0.15, 0.2) is 60.7 Å². The van der Waals surface area contributed by atoms with Crippen molar-refractivity contribution in [3.63, 3.8) is 0 Å². The highest BCUT2D eigenvalue weighted by molar-refractivity contribution is 5.82. The van der Waals surface area contributed by atoms with E-state index in [9.17, 15) is 5.11 Å². The Labute approximate surface area is 111 Å². The number of hydrogen-bond donors (Lipinski definition) is 2. The highest BCUT2D eigenvalue weighted by Crippen LogP contribution is 2.32. The van der Waals surface area contributed by atoms with Crippen molar-refractivity contribution in [2.75, 3.05) is 0 Å². The molecule has 0 spiro atoms. The van der Waals surface area contributed by atoms with E-state index in [1.54, 1.807) is 0 Å². The van der Waals surface area contributed by atoms with E-state index in [0.29, 0.717) is 0 Å². The summed E-state index contributed by atoms with van der Waals surface area (Å²) in [6.45, 7) is -0.0515. The van der Waals surface area contributed by atoms with Crippen molar-refractivity contribution in [2.45, 2.75) is 6.61 Å². The van der Waals surface area contributed by atoms with Crippen molar-refractivity contribution in [1.82, 2.24) is 10.2 Å². The van der Waals surface area contributed by atoms with Crippen LogP contribution in [0.3, 0.4) is 0 Å². The summed E-state index contributed by atoms with van der Waals surface area (Å²) in [7, 11) is 0. The lowest BCUT2D eigenvalue weighted by atomic mass is 9.99. The first kappa shape index (κ1) is 11.7. The summed E-state index contributed by atoms with van der Waals surface area (Å²) >= 11 is 0. The first-order chi connectivity index (χ1) is 9.40. The standard InChI is InChI=1S/C16H14N2O/c19-11-14-15(12-7-3-1-4-8-12)16(18-17-14)13-9-5-2-6-10-13/h1-10,19H,11H2,(H,17,18). The molecule has 19 heavy (non-hydrogen) atoms. The number of hydrogen-bond acceptors (Lipinski definition) is 2. The van der Waals surface area contributed by atoms with Crippen LogP contribution >= 0.6 is 0 Å². The molecule has 0 aliphatic carbocycles. The fourth-order valence-corrected chi connectivity index (χ4v) is 2.21. The lowest BCUT2D eigenvalue weighted by Crippen LogP contribution is -1.88. The molecular formula is C16H14N2O. The molecule has 2 N–H and O–H groups in total. The quantitative estimate of drug-likeness (QED) is 0.749. The van der Waals surface area contributed by atoms with Gasteiger partial charge < -0.3 is 5.11 Å². The molecule has 0 saturated heterocycles. The molecule has 0 bridgehead atoms. The zero-order valence-electron chi connectivity index (χ0n) is 10.4. The van der Waals surface area contributed by atoms with Crippen molar-refractivity contribution >= 4 is 0 Å². The van der Waals surface area contributed by atoms with Gasteiger partial charge in [0.25, 0.3) is 0 Å². The predicted octanol–water partition coefficient (Wildman–Crippen LogP) is 3.24. The molecule has 2 aromatic carbocycles. The summed E-state index contributed by atoms with van der Waals surface area (Å²) in [4.78, 5) is 0. The summed E-state index contributed by atoms with van der Waals surface area (Å²) in [5.41, 5.74) is 4.67. The number of aromatic amines is 1. The van der Waals surface area contributed by atoms with E-state index in [1.165, 1.54) is 0 Å². The molecule has 0 aliphatic heterocycles. The van der Waals surface area contributed by atoms with Crippen LogP contribution in [0.2, 0.25) is 0 Å². The van der Waals surface area contributed by atoms with E-state index in [0.717, 1.165) is 28.1 Å². The van der Waals surface area contributed by atoms with E-state index in [4.69, 9.17) is 0 Å². The van der Waals surface area contributed by atoms with Crippen molar-refractivity contribution in [3.05, 3.63) is 66.4 Å². The molecule has 94 valence electrons. The van der Waals surface area contributed by atoms with Gasteiger partial charge >= 0.3 is 0 Å². The molecule has 0 unspecified atom stereocenters. The molecule has 0 aliphatic rings. The topological polar surface area (TPSA) is 48.9 Å². The third-order valence-electron chi connectivity index (χ3n) is 3.11. The fraction of sp³-hybridized carbons (Fsp3) is 0.0625. The molecule has 1 heterocycles. The highest BCUT2D eigenvalue weighted by atomic mass is 16.3. The largest absolute Gasteiger partial charge is 0.390 e. The van der Waals surface area contributed by atoms with E-state index < -0.39 is 0 Å². The minimum atomic E-state index is -0.0515. The molecule has 3 rings (SSSR count). The molecular weight excluding hydrogens is 236 g/mol. The molecule has 1 aromatic heterocycles. The average Bonchev–Trinajstić information content (AvgIpc) is 2.93. The molecule has 3 heteroatoms. The van der Waals surface area contributed by atoms with Crippen LogP contribution in [0.4, 0.5) is 0 Å². The summed E-state index contributed by atoms with van der Waals surface area (Å²) in [6, 6.07) is 20.0. The Kier molecular flexibility index (Phi) is 3.12. The van der Waals surface area contributed by atoms with Crippen molar-refractivity contribution in [1.29, 1.82) is 0 Å². The maximum Gasteiger partial charge on any atom is 0.100 e. The number of rotatable bonds is 3. The van der Waals surface area contributed by atoms with Gasteiger partial charge in [-0.1, -0.05) is 60.7 Å². The highest BCUT2D eigenvalue weighted by Gasteiger charge is 2.15. The number of aliphatic hydroxyl groups excluding tert-OH is 1. The number of H-pyrrole nitrogens is 1. The van der Waals surface area contributed by atoms with Gasteiger partial charge in [-0.2, -0.15) is 5.10 Å². The average molecular weight is 250 g/mol. The van der Waals surface area contributed by atoms with Crippen LogP contribution in [0.5, 0.6) is 0 Å². The lowest BCUT2D eigenvalue weighted by molar-refractivity contribution is 0.277. The van der Waals surface area contributed by atoms with Crippen molar-refractivity contribution in [2.24, 2.45) is 0 Å². The van der Waals surface area contributed by atoms with Gasteiger partial charge in [0.05, 0.1) is 12.3 Å². The van der Waals surface area contributed by atoms with Crippen molar-refractivity contribution < 1.29 is 5.11 Å². The van der Waals surface area contributed by atoms with E-state index in [-0.39, 0.29) is 6.61 Å². The predicted molar refractivity (Wildman–Crippen MR) is 75.4 cm³/mol. The Bertz CT molecular complexity index is 660. The third-order valence-corrected chi connectivity index (χ3v) is 3.11. The van der Waals surface area contributed by atoms with Crippen LogP contribution in [0.1, 0.15) is 5.69 Å². The second-order valence-electron chi connectivity index (χ2n) is 4.32. The van der Waals surface area contributed by atoms with Crippen LogP contribution in [0, 0.1) is 0 Å². The maximum atomic E-state index is 9.47. The van der Waals surface area contributed by atoms with Gasteiger partial charge in [0.2, 0.25) is 0 Å². The van der Waals surface area contributed by atoms with Gasteiger partial charge in [0, 0.05) is 11.1 Å². The van der Waals surface area contributed by atoms with Crippen LogP contribution in [-0.2, 0) is 6.61 Å². The fourth-order valence-electron chi connectivity index (χ4n) is 2.21. The Morgan fingerprint density at radius 3 is 2.00 bits per heavy atom. The molecule has 3 aromatic rings. The van der Waals surface area contributed by atoms with Gasteiger partial charge in [-0.15, -0.1) is 0 Å². The Morgan fingerprint density at radius 2 is 1.42 bits per heavy atom. The molecule has 0 saturated carbocycles. The Morgan fingerprint density at radius 1 is 0.842 bits per heavy atom. The third kappa shape index (κ3) is 2.16. The molecule has 3 nitrogen and oxygen atoms in total. The second kappa shape index (κ2) is 5.08. The SMILES string of the molecule is OCc1[nH]nc(-c2ccccc2)c1-c1ccccc1. The summed E-state index contributed by atoms with van der Waals surface area (Å²) in [5, 5.41) is 16.7. The van der Waals surface area contributed by atoms with Gasteiger partial charge in [0.1, 0.15) is 5.69 Å². The van der Waals surface area contributed by atoms with Crippen molar-refractivity contribution in [3.8, 4) is 22.4 Å². The van der Waals surface area contributed by atoms with E-state index in [2.05, 4.69) is 10.2 Å². The Balaban J connectivity index is 2.20. The Hall–Kier alpha value is -2.39. The zero-order valence-corrected chi connectivity index (χ0v) is 10.4. The summed E-state index contributed by atoms with van der Waals surface area (Å²) in [6.07, 6.45) is 0. The number of nitrogens with zero attached hydrogens (tertiary/aromatic N) is 1. The number of aromatic nitrogens is 2.